The van der Waals surface area contributed by atoms with Crippen LogP contribution in [0.15, 0.2) is 12.5 Å². The smallest absolute Gasteiger partial charge is 0.150 e. The molecule has 1 aromatic rings. The molecule has 1 aliphatic rings. The molecular formula is C13H21ClN4. The van der Waals surface area contributed by atoms with Crippen LogP contribution in [0.3, 0.4) is 0 Å². The van der Waals surface area contributed by atoms with Crippen LogP contribution >= 0.6 is 11.6 Å². The van der Waals surface area contributed by atoms with Crippen LogP contribution in [-0.2, 0) is 0 Å². The number of hydrogen-bond donors (Lipinski definition) is 1. The second-order valence-corrected chi connectivity index (χ2v) is 5.24. The van der Waals surface area contributed by atoms with Gasteiger partial charge in [-0.3, -0.25) is 0 Å². The number of nitrogens with one attached hydrogen (secondary N) is 1. The second kappa shape index (κ2) is 6.90. The fourth-order valence-corrected chi connectivity index (χ4v) is 2.60. The van der Waals surface area contributed by atoms with Crippen LogP contribution in [0.4, 0.5) is 5.82 Å². The number of halogens is 1. The van der Waals surface area contributed by atoms with Gasteiger partial charge in [-0.05, 0) is 38.3 Å². The molecule has 0 saturated carbocycles. The standard InChI is InChI=1S/C13H21ClN4/c1-2-5-15-8-11-3-6-18(7-4-11)13-12(14)9-16-10-17-13/h9-11,15H,2-8H2,1H3. The summed E-state index contributed by atoms with van der Waals surface area (Å²) in [6.07, 6.45) is 6.85. The number of aromatic nitrogens is 2. The number of hydrogen-bond acceptors (Lipinski definition) is 4. The molecule has 100 valence electrons. The average Bonchev–Trinajstić information content (AvgIpc) is 2.41. The van der Waals surface area contributed by atoms with Gasteiger partial charge in [0.25, 0.3) is 0 Å². The summed E-state index contributed by atoms with van der Waals surface area (Å²) >= 11 is 6.12. The third-order valence-corrected chi connectivity index (χ3v) is 3.69. The van der Waals surface area contributed by atoms with Crippen LogP contribution in [0.25, 0.3) is 0 Å². The van der Waals surface area contributed by atoms with Gasteiger partial charge in [0.15, 0.2) is 5.82 Å². The highest BCUT2D eigenvalue weighted by Crippen LogP contribution is 2.26. The second-order valence-electron chi connectivity index (χ2n) is 4.83. The van der Waals surface area contributed by atoms with Gasteiger partial charge in [0.2, 0.25) is 0 Å². The maximum absolute atomic E-state index is 6.12. The fraction of sp³-hybridized carbons (Fsp3) is 0.692. The lowest BCUT2D eigenvalue weighted by molar-refractivity contribution is 0.382. The van der Waals surface area contributed by atoms with Crippen molar-refractivity contribution >= 4 is 17.4 Å². The van der Waals surface area contributed by atoms with E-state index in [9.17, 15) is 0 Å². The van der Waals surface area contributed by atoms with E-state index in [0.717, 1.165) is 37.9 Å². The van der Waals surface area contributed by atoms with Gasteiger partial charge in [0.1, 0.15) is 11.3 Å². The predicted octanol–water partition coefficient (Wildman–Crippen LogP) is 2.35. The quantitative estimate of drug-likeness (QED) is 0.833. The van der Waals surface area contributed by atoms with Gasteiger partial charge in [-0.2, -0.15) is 0 Å². The lowest BCUT2D eigenvalue weighted by Crippen LogP contribution is -2.38. The molecule has 0 unspecified atom stereocenters. The minimum Gasteiger partial charge on any atom is -0.355 e. The largest absolute Gasteiger partial charge is 0.355 e. The van der Waals surface area contributed by atoms with E-state index in [2.05, 4.69) is 27.1 Å². The Kier molecular flexibility index (Phi) is 5.20. The Labute approximate surface area is 114 Å². The molecule has 18 heavy (non-hydrogen) atoms. The lowest BCUT2D eigenvalue weighted by atomic mass is 9.97. The van der Waals surface area contributed by atoms with Crippen molar-refractivity contribution in [3.05, 3.63) is 17.5 Å². The van der Waals surface area contributed by atoms with Crippen molar-refractivity contribution in [3.63, 3.8) is 0 Å². The molecule has 1 N–H and O–H groups in total. The maximum Gasteiger partial charge on any atom is 0.150 e. The van der Waals surface area contributed by atoms with E-state index in [4.69, 9.17) is 11.6 Å². The van der Waals surface area contributed by atoms with Crippen molar-refractivity contribution < 1.29 is 0 Å². The van der Waals surface area contributed by atoms with E-state index in [1.54, 1.807) is 12.5 Å². The molecule has 2 heterocycles. The Morgan fingerprint density at radius 1 is 1.44 bits per heavy atom. The zero-order valence-electron chi connectivity index (χ0n) is 10.9. The van der Waals surface area contributed by atoms with Crippen molar-refractivity contribution in [2.45, 2.75) is 26.2 Å². The zero-order chi connectivity index (χ0) is 12.8. The Balaban J connectivity index is 1.81. The molecule has 2 rings (SSSR count). The zero-order valence-corrected chi connectivity index (χ0v) is 11.7. The summed E-state index contributed by atoms with van der Waals surface area (Å²) < 4.78 is 0. The van der Waals surface area contributed by atoms with Crippen molar-refractivity contribution in [2.75, 3.05) is 31.1 Å². The summed E-state index contributed by atoms with van der Waals surface area (Å²) in [5.74, 6) is 1.67. The number of anilines is 1. The summed E-state index contributed by atoms with van der Waals surface area (Å²) in [6, 6.07) is 0. The van der Waals surface area contributed by atoms with Gasteiger partial charge in [0, 0.05) is 13.1 Å². The molecule has 0 radical (unpaired) electrons. The Bertz CT molecular complexity index is 364. The van der Waals surface area contributed by atoms with E-state index in [-0.39, 0.29) is 0 Å². The van der Waals surface area contributed by atoms with Gasteiger partial charge in [-0.1, -0.05) is 18.5 Å². The highest BCUT2D eigenvalue weighted by molar-refractivity contribution is 6.32. The molecule has 5 heteroatoms. The highest BCUT2D eigenvalue weighted by atomic mass is 35.5. The minimum atomic E-state index is 0.653. The average molecular weight is 269 g/mol. The molecule has 4 nitrogen and oxygen atoms in total. The third-order valence-electron chi connectivity index (χ3n) is 3.42. The molecule has 0 spiro atoms. The first-order chi connectivity index (χ1) is 8.81. The van der Waals surface area contributed by atoms with Crippen LogP contribution in [0, 0.1) is 5.92 Å². The first-order valence-corrected chi connectivity index (χ1v) is 7.10. The lowest BCUT2D eigenvalue weighted by Gasteiger charge is -2.33. The van der Waals surface area contributed by atoms with E-state index in [0.29, 0.717) is 5.02 Å². The molecule has 0 aromatic carbocycles. The van der Waals surface area contributed by atoms with Crippen LogP contribution < -0.4 is 10.2 Å². The normalized spacial score (nSPS) is 17.1. The van der Waals surface area contributed by atoms with Crippen molar-refractivity contribution in [1.82, 2.24) is 15.3 Å². The number of piperidine rings is 1. The summed E-state index contributed by atoms with van der Waals surface area (Å²) in [5, 5.41) is 4.15. The Morgan fingerprint density at radius 2 is 2.22 bits per heavy atom. The molecular weight excluding hydrogens is 248 g/mol. The Hall–Kier alpha value is -0.870. The molecule has 1 aromatic heterocycles. The number of nitrogens with zero attached hydrogens (tertiary/aromatic N) is 3. The molecule has 0 amide bonds. The van der Waals surface area contributed by atoms with Gasteiger partial charge in [0.05, 0.1) is 6.20 Å². The fourth-order valence-electron chi connectivity index (χ4n) is 2.37. The highest BCUT2D eigenvalue weighted by Gasteiger charge is 2.21. The van der Waals surface area contributed by atoms with Crippen molar-refractivity contribution in [1.29, 1.82) is 0 Å². The monoisotopic (exact) mass is 268 g/mol. The van der Waals surface area contributed by atoms with Crippen LogP contribution in [0.5, 0.6) is 0 Å². The minimum absolute atomic E-state index is 0.653. The van der Waals surface area contributed by atoms with Gasteiger partial charge in [-0.25, -0.2) is 9.97 Å². The topological polar surface area (TPSA) is 41.0 Å². The molecule has 0 atom stereocenters. The van der Waals surface area contributed by atoms with Gasteiger partial charge in [-0.15, -0.1) is 0 Å². The summed E-state index contributed by atoms with van der Waals surface area (Å²) in [6.45, 7) is 6.54. The van der Waals surface area contributed by atoms with Crippen molar-refractivity contribution in [3.8, 4) is 0 Å². The first kappa shape index (κ1) is 13.6. The van der Waals surface area contributed by atoms with E-state index in [1.165, 1.54) is 19.3 Å². The Morgan fingerprint density at radius 3 is 2.89 bits per heavy atom. The third kappa shape index (κ3) is 3.56. The van der Waals surface area contributed by atoms with Gasteiger partial charge >= 0.3 is 0 Å². The van der Waals surface area contributed by atoms with Crippen LogP contribution in [0.1, 0.15) is 26.2 Å². The van der Waals surface area contributed by atoms with Gasteiger partial charge < -0.3 is 10.2 Å². The molecule has 1 fully saturated rings. The summed E-state index contributed by atoms with van der Waals surface area (Å²) in [4.78, 5) is 10.5. The molecule has 0 aliphatic carbocycles. The summed E-state index contributed by atoms with van der Waals surface area (Å²) in [5.41, 5.74) is 0. The molecule has 1 saturated heterocycles. The van der Waals surface area contributed by atoms with Crippen LogP contribution in [0.2, 0.25) is 5.02 Å². The van der Waals surface area contributed by atoms with E-state index in [1.807, 2.05) is 0 Å². The molecule has 0 bridgehead atoms. The maximum atomic E-state index is 6.12. The van der Waals surface area contributed by atoms with Crippen LogP contribution in [-0.4, -0.2) is 36.1 Å². The SMILES string of the molecule is CCCNCC1CCN(c2ncncc2Cl)CC1. The predicted molar refractivity (Wildman–Crippen MR) is 75.1 cm³/mol. The van der Waals surface area contributed by atoms with Crippen molar-refractivity contribution in [2.24, 2.45) is 5.92 Å². The summed E-state index contributed by atoms with van der Waals surface area (Å²) in [7, 11) is 0. The number of rotatable bonds is 5. The van der Waals surface area contributed by atoms with E-state index >= 15 is 0 Å². The first-order valence-electron chi connectivity index (χ1n) is 6.72. The molecule has 1 aliphatic heterocycles. The van der Waals surface area contributed by atoms with E-state index < -0.39 is 0 Å².